The van der Waals surface area contributed by atoms with Crippen molar-refractivity contribution in [2.75, 3.05) is 39.9 Å². The van der Waals surface area contributed by atoms with Crippen LogP contribution in [0.1, 0.15) is 47.8 Å². The lowest BCUT2D eigenvalue weighted by Gasteiger charge is -2.26. The van der Waals surface area contributed by atoms with Gasteiger partial charge in [0.25, 0.3) is 0 Å². The largest absolute Gasteiger partial charge is 0.497 e. The minimum atomic E-state index is -4.06. The number of halogens is 4. The summed E-state index contributed by atoms with van der Waals surface area (Å²) >= 11 is 6.40. The zero-order valence-corrected chi connectivity index (χ0v) is 41.9. The summed E-state index contributed by atoms with van der Waals surface area (Å²) in [4.78, 5) is 15.8. The Morgan fingerprint density at radius 3 is 0.864 bits per heavy atom. The Hall–Kier alpha value is -5.12. The smallest absolute Gasteiger partial charge is 0.218 e. The summed E-state index contributed by atoms with van der Waals surface area (Å²) in [6.45, 7) is 2.61. The maximum Gasteiger partial charge on any atom is 0.218 e. The predicted molar refractivity (Wildman–Crippen MR) is 254 cm³/mol. The molecule has 6 aromatic rings. The Morgan fingerprint density at radius 1 is 0.455 bits per heavy atom. The van der Waals surface area contributed by atoms with Gasteiger partial charge >= 0.3 is 0 Å². The lowest BCUT2D eigenvalue weighted by Crippen LogP contribution is -2.39. The van der Waals surface area contributed by atoms with Crippen LogP contribution in [-0.2, 0) is 57.6 Å². The van der Waals surface area contributed by atoms with Crippen molar-refractivity contribution in [2.45, 2.75) is 51.4 Å². The number of alkyl halides is 2. The van der Waals surface area contributed by atoms with Gasteiger partial charge in [-0.2, -0.15) is 8.61 Å². The molecule has 4 aromatic carbocycles. The van der Waals surface area contributed by atoms with E-state index < -0.39 is 42.9 Å². The third-order valence-electron chi connectivity index (χ3n) is 9.94. The number of hydrogen-bond acceptors (Lipinski definition) is 12. The molecule has 352 valence electrons. The van der Waals surface area contributed by atoms with Crippen LogP contribution in [0.3, 0.4) is 0 Å². The van der Waals surface area contributed by atoms with Gasteiger partial charge in [0.05, 0.1) is 37.4 Å². The fourth-order valence-corrected chi connectivity index (χ4v) is 10.2. The second kappa shape index (κ2) is 23.1. The topological polar surface area (TPSA) is 163 Å². The highest BCUT2D eigenvalue weighted by molar-refractivity contribution is 9.10. The molecule has 14 nitrogen and oxygen atoms in total. The molecule has 6 rings (SSSR count). The average Bonchev–Trinajstić information content (AvgIpc) is 3.29. The zero-order chi connectivity index (χ0) is 48.1. The van der Waals surface area contributed by atoms with Crippen LogP contribution in [0, 0.1) is 0 Å². The van der Waals surface area contributed by atoms with Crippen LogP contribution in [-0.4, -0.2) is 85.3 Å². The Balaban J connectivity index is 0.000000247. The first kappa shape index (κ1) is 51.9. The van der Waals surface area contributed by atoms with E-state index in [1.807, 2.05) is 0 Å². The van der Waals surface area contributed by atoms with E-state index in [2.05, 4.69) is 51.8 Å². The number of methoxy groups -OCH3 is 4. The van der Waals surface area contributed by atoms with Gasteiger partial charge in [0, 0.05) is 51.0 Å². The third-order valence-corrected chi connectivity index (χ3v) is 14.7. The molecule has 2 atom stereocenters. The highest BCUT2D eigenvalue weighted by atomic mass is 79.9. The molecule has 0 unspecified atom stereocenters. The van der Waals surface area contributed by atoms with Gasteiger partial charge < -0.3 is 18.9 Å². The van der Waals surface area contributed by atoms with Crippen molar-refractivity contribution in [1.82, 2.24) is 28.5 Å². The number of sulfonamides is 2. The second-order valence-corrected chi connectivity index (χ2v) is 21.1. The molecule has 0 fully saturated rings. The van der Waals surface area contributed by atoms with Gasteiger partial charge in [-0.25, -0.2) is 45.6 Å². The maximum absolute atomic E-state index is 15.5. The number of nitrogens with zero attached hydrogens (tertiary/aromatic N) is 6. The molecule has 0 amide bonds. The van der Waals surface area contributed by atoms with Crippen molar-refractivity contribution in [3.8, 4) is 23.0 Å². The van der Waals surface area contributed by atoms with Crippen molar-refractivity contribution in [3.05, 3.63) is 165 Å². The Kier molecular flexibility index (Phi) is 18.1. The van der Waals surface area contributed by atoms with Crippen molar-refractivity contribution in [2.24, 2.45) is 0 Å². The van der Waals surface area contributed by atoms with Crippen LogP contribution in [0.4, 0.5) is 8.78 Å². The Morgan fingerprint density at radius 2 is 0.667 bits per heavy atom. The highest BCUT2D eigenvalue weighted by Gasteiger charge is 2.40. The Bertz CT molecular complexity index is 2400. The monoisotopic (exact) mass is 1070 g/mol. The van der Waals surface area contributed by atoms with Crippen LogP contribution in [0.25, 0.3) is 0 Å². The summed E-state index contributed by atoms with van der Waals surface area (Å²) < 4.78 is 109. The molecule has 0 N–H and O–H groups in total. The van der Waals surface area contributed by atoms with Crippen LogP contribution >= 0.6 is 31.9 Å². The molecular weight excluding hydrogens is 1030 g/mol. The average molecular weight is 1080 g/mol. The molecule has 0 aliphatic rings. The minimum absolute atomic E-state index is 0.0651. The molecule has 0 aliphatic heterocycles. The summed E-state index contributed by atoms with van der Waals surface area (Å²) in [5.74, 6) is 0.659. The molecular formula is C46H50Br2F2N6O8S2. The van der Waals surface area contributed by atoms with Crippen molar-refractivity contribution in [3.63, 3.8) is 0 Å². The molecule has 0 radical (unpaired) electrons. The molecule has 2 heterocycles. The maximum atomic E-state index is 15.5. The summed E-state index contributed by atoms with van der Waals surface area (Å²) in [6, 6.07) is 28.3. The van der Waals surface area contributed by atoms with Crippen molar-refractivity contribution >= 4 is 51.9 Å². The second-order valence-electron chi connectivity index (χ2n) is 15.3. The minimum Gasteiger partial charge on any atom is -0.497 e. The van der Waals surface area contributed by atoms with E-state index >= 15 is 8.78 Å². The van der Waals surface area contributed by atoms with Gasteiger partial charge in [0.1, 0.15) is 34.5 Å². The van der Waals surface area contributed by atoms with Gasteiger partial charge in [-0.05, 0) is 116 Å². The van der Waals surface area contributed by atoms with Gasteiger partial charge in [-0.1, -0.05) is 48.5 Å². The normalized spacial score (nSPS) is 13.5. The lowest BCUT2D eigenvalue weighted by atomic mass is 10.1. The van der Waals surface area contributed by atoms with Crippen LogP contribution in [0.2, 0.25) is 0 Å². The number of benzene rings is 4. The number of rotatable bonds is 20. The van der Waals surface area contributed by atoms with Crippen molar-refractivity contribution < 1.29 is 44.6 Å². The summed E-state index contributed by atoms with van der Waals surface area (Å²) in [7, 11) is -1.89. The first-order valence-corrected chi connectivity index (χ1v) is 24.9. The van der Waals surface area contributed by atoms with Crippen LogP contribution in [0.15, 0.2) is 131 Å². The van der Waals surface area contributed by atoms with E-state index in [9.17, 15) is 16.8 Å². The molecule has 20 heteroatoms. The van der Waals surface area contributed by atoms with E-state index in [-0.39, 0.29) is 37.8 Å². The molecule has 0 spiro atoms. The number of ether oxygens (including phenoxy) is 4. The third kappa shape index (κ3) is 14.9. The molecule has 0 saturated heterocycles. The molecule has 0 bridgehead atoms. The van der Waals surface area contributed by atoms with Gasteiger partial charge in [-0.3, -0.25) is 0 Å². The predicted octanol–water partition coefficient (Wildman–Crippen LogP) is 8.95. The van der Waals surface area contributed by atoms with E-state index in [1.54, 1.807) is 126 Å². The van der Waals surface area contributed by atoms with E-state index in [0.29, 0.717) is 31.9 Å². The van der Waals surface area contributed by atoms with E-state index in [4.69, 9.17) is 18.9 Å². The van der Waals surface area contributed by atoms with Crippen LogP contribution in [0.5, 0.6) is 23.0 Å². The van der Waals surface area contributed by atoms with E-state index in [1.165, 1.54) is 47.2 Å². The molecule has 0 saturated carbocycles. The summed E-state index contributed by atoms with van der Waals surface area (Å²) in [6.07, 6.45) is 5.55. The summed E-state index contributed by atoms with van der Waals surface area (Å²) in [5.41, 5.74) is -1.58. The SMILES string of the molecule is COc1ccc(CN(Cc2ccc(OC)cc2)S(=O)(=O)C[C@@](C)(F)c2ncc(Br)cn2)cc1.COc1ccc(CN(Cc2ccc(OC)cc2)S(=O)(=O)C[C@](C)(F)c2ncc(Br)cn2)cc1. The first-order chi connectivity index (χ1) is 31.2. The van der Waals surface area contributed by atoms with Gasteiger partial charge in [0.15, 0.2) is 23.0 Å². The number of aromatic nitrogens is 4. The lowest BCUT2D eigenvalue weighted by molar-refractivity contribution is 0.205. The van der Waals surface area contributed by atoms with Crippen LogP contribution < -0.4 is 18.9 Å². The standard InChI is InChI=1S/2C23H25BrFN3O4S/c2*1-23(25,22-26-12-19(24)13-27-22)16-33(29,30)28(14-17-4-8-20(31-2)9-5-17)15-18-6-10-21(32-3)11-7-18/h2*4-13H,14-16H2,1-3H3/t2*23-/m10/s1. The highest BCUT2D eigenvalue weighted by Crippen LogP contribution is 2.30. The fraction of sp³-hybridized carbons (Fsp3) is 0.304. The zero-order valence-electron chi connectivity index (χ0n) is 37.1. The quantitative estimate of drug-likeness (QED) is 0.0715. The molecule has 66 heavy (non-hydrogen) atoms. The van der Waals surface area contributed by atoms with Gasteiger partial charge in [0.2, 0.25) is 20.0 Å². The van der Waals surface area contributed by atoms with Gasteiger partial charge in [-0.15, -0.1) is 0 Å². The molecule has 2 aromatic heterocycles. The van der Waals surface area contributed by atoms with Crippen molar-refractivity contribution in [1.29, 1.82) is 0 Å². The Labute approximate surface area is 401 Å². The fourth-order valence-electron chi connectivity index (χ4n) is 6.40. The number of hydrogen-bond donors (Lipinski definition) is 0. The summed E-state index contributed by atoms with van der Waals surface area (Å²) in [5, 5.41) is 0. The molecule has 0 aliphatic carbocycles. The van der Waals surface area contributed by atoms with E-state index in [0.717, 1.165) is 22.3 Å². The first-order valence-electron chi connectivity index (χ1n) is 20.1.